The summed E-state index contributed by atoms with van der Waals surface area (Å²) in [7, 11) is 0. The minimum absolute atomic E-state index is 0.0524. The van der Waals surface area contributed by atoms with Gasteiger partial charge in [0, 0.05) is 16.9 Å². The molecule has 3 nitrogen and oxygen atoms in total. The first kappa shape index (κ1) is 15.7. The summed E-state index contributed by atoms with van der Waals surface area (Å²) >= 11 is 11.6. The van der Waals surface area contributed by atoms with Crippen LogP contribution in [0.4, 0.5) is 10.1 Å². The zero-order chi connectivity index (χ0) is 15.6. The van der Waals surface area contributed by atoms with E-state index in [9.17, 15) is 9.18 Å². The quantitative estimate of drug-likeness (QED) is 0.815. The van der Waals surface area contributed by atoms with Crippen molar-refractivity contribution in [2.24, 2.45) is 0 Å². The molecule has 2 rings (SSSR count). The molecule has 6 heteroatoms. The first-order chi connectivity index (χ1) is 9.86. The third kappa shape index (κ3) is 3.93. The van der Waals surface area contributed by atoms with E-state index in [-0.39, 0.29) is 22.0 Å². The molecule has 0 aliphatic heterocycles. The van der Waals surface area contributed by atoms with Gasteiger partial charge in [-0.3, -0.25) is 4.79 Å². The van der Waals surface area contributed by atoms with Crippen LogP contribution in [-0.4, -0.2) is 10.9 Å². The lowest BCUT2D eigenvalue weighted by Gasteiger charge is -2.09. The molecule has 0 unspecified atom stereocenters. The van der Waals surface area contributed by atoms with Gasteiger partial charge in [-0.1, -0.05) is 37.0 Å². The van der Waals surface area contributed by atoms with Crippen LogP contribution >= 0.6 is 23.2 Å². The monoisotopic (exact) mass is 326 g/mol. The number of hydrogen-bond donors (Lipinski definition) is 1. The molecule has 0 bridgehead atoms. The van der Waals surface area contributed by atoms with Crippen LogP contribution in [0.2, 0.25) is 10.2 Å². The molecule has 1 amide bonds. The SMILES string of the molecule is CC(C)c1cc(C(=O)Nc2ccc(F)c(Cl)c2)cc(Cl)n1. The van der Waals surface area contributed by atoms with Crippen molar-refractivity contribution in [3.05, 3.63) is 57.6 Å². The zero-order valence-corrected chi connectivity index (χ0v) is 13.0. The highest BCUT2D eigenvalue weighted by molar-refractivity contribution is 6.31. The highest BCUT2D eigenvalue weighted by atomic mass is 35.5. The van der Waals surface area contributed by atoms with E-state index in [4.69, 9.17) is 23.2 Å². The van der Waals surface area contributed by atoms with Gasteiger partial charge < -0.3 is 5.32 Å². The summed E-state index contributed by atoms with van der Waals surface area (Å²) < 4.78 is 13.1. The number of carbonyl (C=O) groups is 1. The second-order valence-electron chi connectivity index (χ2n) is 4.84. The summed E-state index contributed by atoms with van der Waals surface area (Å²) in [5.41, 5.74) is 1.52. The molecule has 2 aromatic rings. The van der Waals surface area contributed by atoms with Gasteiger partial charge in [-0.2, -0.15) is 0 Å². The fourth-order valence-electron chi connectivity index (χ4n) is 1.72. The van der Waals surface area contributed by atoms with Crippen molar-refractivity contribution in [1.82, 2.24) is 4.98 Å². The normalized spacial score (nSPS) is 10.8. The van der Waals surface area contributed by atoms with Gasteiger partial charge in [0.25, 0.3) is 5.91 Å². The van der Waals surface area contributed by atoms with Crippen LogP contribution in [0.3, 0.4) is 0 Å². The van der Waals surface area contributed by atoms with Crippen molar-refractivity contribution < 1.29 is 9.18 Å². The first-order valence-electron chi connectivity index (χ1n) is 6.30. The van der Waals surface area contributed by atoms with Crippen LogP contribution in [0.1, 0.15) is 35.8 Å². The number of nitrogens with one attached hydrogen (secondary N) is 1. The van der Waals surface area contributed by atoms with Crippen molar-refractivity contribution in [2.45, 2.75) is 19.8 Å². The van der Waals surface area contributed by atoms with Gasteiger partial charge in [0.15, 0.2) is 0 Å². The Labute approximate surface area is 132 Å². The Morgan fingerprint density at radius 3 is 2.57 bits per heavy atom. The molecule has 0 aliphatic carbocycles. The van der Waals surface area contributed by atoms with Gasteiger partial charge in [0.05, 0.1) is 5.02 Å². The Morgan fingerprint density at radius 1 is 1.24 bits per heavy atom. The number of rotatable bonds is 3. The summed E-state index contributed by atoms with van der Waals surface area (Å²) in [6.07, 6.45) is 0. The lowest BCUT2D eigenvalue weighted by Crippen LogP contribution is -2.13. The van der Waals surface area contributed by atoms with Crippen LogP contribution in [0.25, 0.3) is 0 Å². The summed E-state index contributed by atoms with van der Waals surface area (Å²) in [6.45, 7) is 3.92. The Kier molecular flexibility index (Phi) is 4.80. The van der Waals surface area contributed by atoms with Crippen molar-refractivity contribution >= 4 is 34.8 Å². The minimum Gasteiger partial charge on any atom is -0.322 e. The molecule has 1 aromatic heterocycles. The summed E-state index contributed by atoms with van der Waals surface area (Å²) in [6, 6.07) is 7.13. The second-order valence-corrected chi connectivity index (χ2v) is 5.64. The summed E-state index contributed by atoms with van der Waals surface area (Å²) in [5.74, 6) is -0.747. The molecule has 1 N–H and O–H groups in total. The number of amides is 1. The molecule has 1 aromatic carbocycles. The standard InChI is InChI=1S/C15H13Cl2FN2O/c1-8(2)13-5-9(6-14(17)20-13)15(21)19-10-3-4-12(18)11(16)7-10/h3-8H,1-2H3,(H,19,21). The van der Waals surface area contributed by atoms with Crippen LogP contribution in [0.15, 0.2) is 30.3 Å². The third-order valence-corrected chi connectivity index (χ3v) is 3.33. The van der Waals surface area contributed by atoms with Gasteiger partial charge in [-0.05, 0) is 36.2 Å². The maximum absolute atomic E-state index is 13.1. The van der Waals surface area contributed by atoms with Gasteiger partial charge in [0.2, 0.25) is 0 Å². The average molecular weight is 327 g/mol. The largest absolute Gasteiger partial charge is 0.322 e. The first-order valence-corrected chi connectivity index (χ1v) is 7.06. The number of aromatic nitrogens is 1. The average Bonchev–Trinajstić information content (AvgIpc) is 2.42. The zero-order valence-electron chi connectivity index (χ0n) is 11.5. The van der Waals surface area contributed by atoms with Gasteiger partial charge in [-0.15, -0.1) is 0 Å². The van der Waals surface area contributed by atoms with Crippen LogP contribution < -0.4 is 5.32 Å². The van der Waals surface area contributed by atoms with Crippen LogP contribution in [-0.2, 0) is 0 Å². The van der Waals surface area contributed by atoms with Crippen molar-refractivity contribution in [3.8, 4) is 0 Å². The summed E-state index contributed by atoms with van der Waals surface area (Å²) in [4.78, 5) is 16.4. The molecule has 0 saturated heterocycles. The smallest absolute Gasteiger partial charge is 0.255 e. The number of anilines is 1. The Balaban J connectivity index is 2.25. The molecule has 0 atom stereocenters. The Bertz CT molecular complexity index is 689. The Morgan fingerprint density at radius 2 is 1.95 bits per heavy atom. The number of hydrogen-bond acceptors (Lipinski definition) is 2. The Hall–Kier alpha value is -1.65. The predicted octanol–water partition coefficient (Wildman–Crippen LogP) is 4.90. The minimum atomic E-state index is -0.538. The van der Waals surface area contributed by atoms with E-state index < -0.39 is 5.82 Å². The van der Waals surface area contributed by atoms with E-state index in [1.54, 1.807) is 6.07 Å². The fraction of sp³-hybridized carbons (Fsp3) is 0.200. The van der Waals surface area contributed by atoms with Gasteiger partial charge in [-0.25, -0.2) is 9.37 Å². The van der Waals surface area contributed by atoms with Gasteiger partial charge >= 0.3 is 0 Å². The van der Waals surface area contributed by atoms with Crippen LogP contribution in [0, 0.1) is 5.82 Å². The molecule has 0 saturated carbocycles. The predicted molar refractivity (Wildman–Crippen MR) is 82.7 cm³/mol. The molecule has 110 valence electrons. The lowest BCUT2D eigenvalue weighted by atomic mass is 10.1. The van der Waals surface area contributed by atoms with E-state index in [2.05, 4.69) is 10.3 Å². The van der Waals surface area contributed by atoms with Crippen molar-refractivity contribution in [1.29, 1.82) is 0 Å². The van der Waals surface area contributed by atoms with Crippen LogP contribution in [0.5, 0.6) is 0 Å². The number of nitrogens with zero attached hydrogens (tertiary/aromatic N) is 1. The highest BCUT2D eigenvalue weighted by Crippen LogP contribution is 2.21. The van der Waals surface area contributed by atoms with E-state index in [1.807, 2.05) is 13.8 Å². The van der Waals surface area contributed by atoms with E-state index >= 15 is 0 Å². The van der Waals surface area contributed by atoms with E-state index in [1.165, 1.54) is 24.3 Å². The number of benzene rings is 1. The molecule has 0 radical (unpaired) electrons. The van der Waals surface area contributed by atoms with Crippen molar-refractivity contribution in [3.63, 3.8) is 0 Å². The molecule has 1 heterocycles. The summed E-state index contributed by atoms with van der Waals surface area (Å²) in [5, 5.41) is 2.84. The molecular formula is C15H13Cl2FN2O. The highest BCUT2D eigenvalue weighted by Gasteiger charge is 2.12. The lowest BCUT2D eigenvalue weighted by molar-refractivity contribution is 0.102. The van der Waals surface area contributed by atoms with Crippen molar-refractivity contribution in [2.75, 3.05) is 5.32 Å². The maximum Gasteiger partial charge on any atom is 0.255 e. The molecule has 0 aliphatic rings. The topological polar surface area (TPSA) is 42.0 Å². The van der Waals surface area contributed by atoms with E-state index in [0.29, 0.717) is 11.3 Å². The molecule has 0 fully saturated rings. The molecule has 21 heavy (non-hydrogen) atoms. The number of carbonyl (C=O) groups excluding carboxylic acids is 1. The fourth-order valence-corrected chi connectivity index (χ4v) is 2.12. The number of pyridine rings is 1. The van der Waals surface area contributed by atoms with Gasteiger partial charge in [0.1, 0.15) is 11.0 Å². The molecular weight excluding hydrogens is 314 g/mol. The third-order valence-electron chi connectivity index (χ3n) is 2.85. The second kappa shape index (κ2) is 6.41. The van der Waals surface area contributed by atoms with E-state index in [0.717, 1.165) is 5.69 Å². The maximum atomic E-state index is 13.1. The molecule has 0 spiro atoms. The number of halogens is 3.